The second kappa shape index (κ2) is 13.7. The van der Waals surface area contributed by atoms with Crippen molar-refractivity contribution < 1.29 is 28.2 Å². The Balaban J connectivity index is 1.40. The molecule has 2 heterocycles. The van der Waals surface area contributed by atoms with Crippen LogP contribution in [0.3, 0.4) is 0 Å². The summed E-state index contributed by atoms with van der Waals surface area (Å²) in [5, 5.41) is 13.8. The van der Waals surface area contributed by atoms with Crippen molar-refractivity contribution in [2.24, 2.45) is 0 Å². The number of nitrogens with zero attached hydrogens (tertiary/aromatic N) is 4. The summed E-state index contributed by atoms with van der Waals surface area (Å²) in [4.78, 5) is 39.4. The molecule has 3 aromatic rings. The molecular formula is C29H35FN6O5S. The number of nitrogens with one attached hydrogen (secondary N) is 2. The standard InChI is InChI=1S/C29H35FN6O5S/c1-19(37)31-15-23-18-36(28(39)40-23)22-10-11-24(25(30)14-22)21-8-6-20(7-9-21)17-35(27(38)41-29(2,3)4)12-5-13-42-26-16-32-34-33-26/h6-11,14,16,23H,5,12-13,15,17-18H2,1-4H3,(H,31,37)(H,32,33,34)/t23-/m0/s1. The number of carbonyl (C=O) groups excluding carboxylic acids is 3. The Morgan fingerprint density at radius 2 is 2.00 bits per heavy atom. The summed E-state index contributed by atoms with van der Waals surface area (Å²) in [5.74, 6) is 0.0469. The lowest BCUT2D eigenvalue weighted by molar-refractivity contribution is -0.119. The van der Waals surface area contributed by atoms with E-state index in [4.69, 9.17) is 9.47 Å². The van der Waals surface area contributed by atoms with Crippen LogP contribution in [0.25, 0.3) is 11.1 Å². The van der Waals surface area contributed by atoms with Gasteiger partial charge in [-0.3, -0.25) is 9.69 Å². The van der Waals surface area contributed by atoms with E-state index in [-0.39, 0.29) is 19.0 Å². The number of cyclic esters (lactones) is 1. The van der Waals surface area contributed by atoms with Gasteiger partial charge in [0.2, 0.25) is 5.91 Å². The van der Waals surface area contributed by atoms with Crippen LogP contribution < -0.4 is 10.2 Å². The number of aromatic amines is 1. The number of carbonyl (C=O) groups is 3. The third kappa shape index (κ3) is 8.68. The average molecular weight is 599 g/mol. The first-order valence-corrected chi connectivity index (χ1v) is 14.5. The molecule has 2 aromatic carbocycles. The summed E-state index contributed by atoms with van der Waals surface area (Å²) in [6.07, 6.45) is 0.877. The zero-order valence-electron chi connectivity index (χ0n) is 24.1. The van der Waals surface area contributed by atoms with Gasteiger partial charge in [-0.1, -0.05) is 24.3 Å². The fourth-order valence-corrected chi connectivity index (χ4v) is 4.98. The molecule has 42 heavy (non-hydrogen) atoms. The van der Waals surface area contributed by atoms with Gasteiger partial charge in [-0.25, -0.2) is 14.0 Å². The van der Waals surface area contributed by atoms with Crippen molar-refractivity contribution in [1.29, 1.82) is 0 Å². The highest BCUT2D eigenvalue weighted by molar-refractivity contribution is 7.99. The fraction of sp³-hybridized carbons (Fsp3) is 0.414. The Labute approximate surface area is 248 Å². The van der Waals surface area contributed by atoms with Crippen LogP contribution in [0.4, 0.5) is 19.7 Å². The molecule has 0 unspecified atom stereocenters. The van der Waals surface area contributed by atoms with Gasteiger partial charge in [-0.15, -0.1) is 16.9 Å². The first-order valence-electron chi connectivity index (χ1n) is 13.6. The Hall–Kier alpha value is -4.13. The SMILES string of the molecule is CC(=O)NC[C@H]1CN(c2ccc(-c3ccc(CN(CCCSc4cn[nH]n4)C(=O)OC(C)(C)C)cc3)c(F)c2)C(=O)O1. The van der Waals surface area contributed by atoms with E-state index >= 15 is 4.39 Å². The van der Waals surface area contributed by atoms with E-state index in [0.29, 0.717) is 29.9 Å². The van der Waals surface area contributed by atoms with Crippen LogP contribution in [0.2, 0.25) is 0 Å². The normalized spacial score (nSPS) is 14.9. The maximum atomic E-state index is 15.2. The molecule has 0 saturated carbocycles. The lowest BCUT2D eigenvalue weighted by Crippen LogP contribution is -2.37. The molecule has 2 N–H and O–H groups in total. The Kier molecular flexibility index (Phi) is 10.0. The van der Waals surface area contributed by atoms with Gasteiger partial charge in [0.25, 0.3) is 0 Å². The monoisotopic (exact) mass is 598 g/mol. The van der Waals surface area contributed by atoms with Crippen LogP contribution in [-0.4, -0.2) is 75.5 Å². The number of rotatable bonds is 11. The highest BCUT2D eigenvalue weighted by atomic mass is 32.2. The molecule has 13 heteroatoms. The molecule has 3 amide bonds. The number of ether oxygens (including phenoxy) is 2. The van der Waals surface area contributed by atoms with E-state index in [9.17, 15) is 14.4 Å². The molecular weight excluding hydrogens is 563 g/mol. The smallest absolute Gasteiger partial charge is 0.414 e. The molecule has 1 aliphatic rings. The third-order valence-corrected chi connectivity index (χ3v) is 7.21. The molecule has 0 aliphatic carbocycles. The number of hydrogen-bond acceptors (Lipinski definition) is 8. The second-order valence-corrected chi connectivity index (χ2v) is 11.9. The lowest BCUT2D eigenvalue weighted by Gasteiger charge is -2.27. The number of amides is 3. The highest BCUT2D eigenvalue weighted by Gasteiger charge is 2.32. The number of anilines is 1. The topological polar surface area (TPSA) is 130 Å². The van der Waals surface area contributed by atoms with Crippen LogP contribution in [0.15, 0.2) is 53.7 Å². The van der Waals surface area contributed by atoms with Crippen LogP contribution >= 0.6 is 11.8 Å². The minimum absolute atomic E-state index is 0.192. The van der Waals surface area contributed by atoms with Gasteiger partial charge in [0.05, 0.1) is 25.0 Å². The molecule has 4 rings (SSSR count). The molecule has 0 bridgehead atoms. The van der Waals surface area contributed by atoms with Gasteiger partial charge in [0, 0.05) is 31.3 Å². The number of halogens is 1. The number of hydrogen-bond donors (Lipinski definition) is 2. The second-order valence-electron chi connectivity index (χ2n) is 10.8. The van der Waals surface area contributed by atoms with Crippen molar-refractivity contribution in [2.45, 2.75) is 57.4 Å². The largest absolute Gasteiger partial charge is 0.444 e. The van der Waals surface area contributed by atoms with E-state index in [1.165, 1.54) is 17.9 Å². The summed E-state index contributed by atoms with van der Waals surface area (Å²) in [6, 6.07) is 11.9. The van der Waals surface area contributed by atoms with Gasteiger partial charge in [-0.05, 0) is 56.5 Å². The Morgan fingerprint density at radius 3 is 2.64 bits per heavy atom. The zero-order valence-corrected chi connectivity index (χ0v) is 24.9. The van der Waals surface area contributed by atoms with E-state index in [1.807, 2.05) is 32.9 Å². The lowest BCUT2D eigenvalue weighted by atomic mass is 10.0. The van der Waals surface area contributed by atoms with Gasteiger partial charge >= 0.3 is 12.2 Å². The Morgan fingerprint density at radius 1 is 1.24 bits per heavy atom. The van der Waals surface area contributed by atoms with Gasteiger partial charge in [-0.2, -0.15) is 10.3 Å². The van der Waals surface area contributed by atoms with Crippen LogP contribution in [-0.2, 0) is 20.8 Å². The Bertz CT molecular complexity index is 1380. The van der Waals surface area contributed by atoms with Gasteiger partial charge < -0.3 is 19.7 Å². The number of thioether (sulfide) groups is 1. The molecule has 1 aliphatic heterocycles. The summed E-state index contributed by atoms with van der Waals surface area (Å²) in [7, 11) is 0. The van der Waals surface area contributed by atoms with Crippen molar-refractivity contribution in [2.75, 3.05) is 30.3 Å². The summed E-state index contributed by atoms with van der Waals surface area (Å²) < 4.78 is 26.1. The summed E-state index contributed by atoms with van der Waals surface area (Å²) >= 11 is 1.55. The minimum atomic E-state index is -0.628. The number of benzene rings is 2. The van der Waals surface area contributed by atoms with E-state index < -0.39 is 29.7 Å². The predicted molar refractivity (Wildman–Crippen MR) is 157 cm³/mol. The minimum Gasteiger partial charge on any atom is -0.444 e. The third-order valence-electron chi connectivity index (χ3n) is 6.22. The molecule has 0 radical (unpaired) electrons. The van der Waals surface area contributed by atoms with Gasteiger partial charge in [0.1, 0.15) is 22.5 Å². The molecule has 1 aromatic heterocycles. The molecule has 1 fully saturated rings. The first-order chi connectivity index (χ1) is 20.0. The molecule has 1 saturated heterocycles. The fourth-order valence-electron chi connectivity index (χ4n) is 4.27. The maximum absolute atomic E-state index is 15.2. The average Bonchev–Trinajstić information content (AvgIpc) is 3.58. The predicted octanol–water partition coefficient (Wildman–Crippen LogP) is 4.99. The first kappa shape index (κ1) is 30.8. The van der Waals surface area contributed by atoms with Crippen molar-refractivity contribution >= 4 is 35.5 Å². The van der Waals surface area contributed by atoms with Crippen molar-refractivity contribution in [3.63, 3.8) is 0 Å². The van der Waals surface area contributed by atoms with Crippen molar-refractivity contribution in [3.8, 4) is 11.1 Å². The number of H-pyrrole nitrogens is 1. The molecule has 0 spiro atoms. The van der Waals surface area contributed by atoms with Crippen molar-refractivity contribution in [3.05, 3.63) is 60.0 Å². The summed E-state index contributed by atoms with van der Waals surface area (Å²) in [6.45, 7) is 8.09. The van der Waals surface area contributed by atoms with Crippen LogP contribution in [0, 0.1) is 5.82 Å². The highest BCUT2D eigenvalue weighted by Crippen LogP contribution is 2.29. The molecule has 11 nitrogen and oxygen atoms in total. The van der Waals surface area contributed by atoms with Crippen molar-refractivity contribution in [1.82, 2.24) is 25.6 Å². The zero-order chi connectivity index (χ0) is 30.3. The van der Waals surface area contributed by atoms with Crippen LogP contribution in [0.5, 0.6) is 0 Å². The molecule has 1 atom stereocenters. The molecule has 224 valence electrons. The van der Waals surface area contributed by atoms with E-state index in [0.717, 1.165) is 22.8 Å². The quantitative estimate of drug-likeness (QED) is 0.233. The van der Waals surface area contributed by atoms with Crippen LogP contribution in [0.1, 0.15) is 39.7 Å². The van der Waals surface area contributed by atoms with Gasteiger partial charge in [0.15, 0.2) is 0 Å². The summed E-state index contributed by atoms with van der Waals surface area (Å²) in [5.41, 5.74) is 1.65. The maximum Gasteiger partial charge on any atom is 0.414 e. The van der Waals surface area contributed by atoms with E-state index in [2.05, 4.69) is 20.7 Å². The number of aromatic nitrogens is 3. The van der Waals surface area contributed by atoms with E-state index in [1.54, 1.807) is 47.1 Å².